The van der Waals surface area contributed by atoms with Crippen molar-refractivity contribution in [2.24, 2.45) is 5.16 Å². The molecule has 0 saturated carbocycles. The van der Waals surface area contributed by atoms with Crippen molar-refractivity contribution < 1.29 is 18.0 Å². The Balaban J connectivity index is 1.97. The van der Waals surface area contributed by atoms with Crippen LogP contribution < -0.4 is 0 Å². The molecule has 2 aromatic rings. The van der Waals surface area contributed by atoms with Crippen LogP contribution in [0.5, 0.6) is 0 Å². The van der Waals surface area contributed by atoms with E-state index in [0.29, 0.717) is 11.1 Å². The first kappa shape index (κ1) is 15.6. The Bertz CT molecular complexity index is 641. The molecule has 0 spiro atoms. The summed E-state index contributed by atoms with van der Waals surface area (Å²) in [6, 6.07) is 12.2. The van der Waals surface area contributed by atoms with Crippen molar-refractivity contribution in [2.75, 3.05) is 0 Å². The average Bonchev–Trinajstić information content (AvgIpc) is 2.45. The van der Waals surface area contributed by atoms with Gasteiger partial charge in [0.15, 0.2) is 0 Å². The van der Waals surface area contributed by atoms with Gasteiger partial charge in [-0.3, -0.25) is 0 Å². The number of hydrogen-bond acceptors (Lipinski definition) is 2. The van der Waals surface area contributed by atoms with E-state index >= 15 is 0 Å². The molecule has 0 aliphatic carbocycles. The molecule has 0 aliphatic rings. The van der Waals surface area contributed by atoms with E-state index in [1.54, 1.807) is 12.1 Å². The summed E-state index contributed by atoms with van der Waals surface area (Å²) in [7, 11) is 0. The lowest BCUT2D eigenvalue weighted by Crippen LogP contribution is -2.05. The van der Waals surface area contributed by atoms with Crippen LogP contribution in [0, 0.1) is 0 Å². The summed E-state index contributed by atoms with van der Waals surface area (Å²) in [5, 5.41) is 3.63. The molecule has 0 unspecified atom stereocenters. The Morgan fingerprint density at radius 2 is 1.86 bits per heavy atom. The topological polar surface area (TPSA) is 21.6 Å². The van der Waals surface area contributed by atoms with Crippen molar-refractivity contribution in [3.63, 3.8) is 0 Å². The maximum Gasteiger partial charge on any atom is 0.416 e. The lowest BCUT2D eigenvalue weighted by Gasteiger charge is -2.07. The van der Waals surface area contributed by atoms with Crippen LogP contribution in [-0.4, -0.2) is 6.21 Å². The van der Waals surface area contributed by atoms with Gasteiger partial charge in [-0.05, 0) is 23.8 Å². The predicted octanol–water partition coefficient (Wildman–Crippen LogP) is 4.90. The van der Waals surface area contributed by atoms with Gasteiger partial charge in [0.25, 0.3) is 0 Å². The van der Waals surface area contributed by atoms with Crippen LogP contribution in [0.15, 0.2) is 58.2 Å². The highest BCUT2D eigenvalue weighted by atomic mass is 79.9. The number of alkyl halides is 3. The lowest BCUT2D eigenvalue weighted by molar-refractivity contribution is -0.137. The Hall–Kier alpha value is -1.82. The minimum atomic E-state index is -4.36. The zero-order valence-electron chi connectivity index (χ0n) is 10.7. The summed E-state index contributed by atoms with van der Waals surface area (Å²) in [6.45, 7) is -0.0542. The van der Waals surface area contributed by atoms with Gasteiger partial charge in [-0.25, -0.2) is 0 Å². The quantitative estimate of drug-likeness (QED) is 0.564. The highest BCUT2D eigenvalue weighted by molar-refractivity contribution is 9.10. The van der Waals surface area contributed by atoms with Crippen molar-refractivity contribution in [3.8, 4) is 0 Å². The molecule has 6 heteroatoms. The van der Waals surface area contributed by atoms with E-state index < -0.39 is 11.7 Å². The van der Waals surface area contributed by atoms with Crippen molar-refractivity contribution in [2.45, 2.75) is 12.8 Å². The Labute approximate surface area is 128 Å². The van der Waals surface area contributed by atoms with Gasteiger partial charge in [0.1, 0.15) is 12.8 Å². The number of hydrogen-bond donors (Lipinski definition) is 0. The van der Waals surface area contributed by atoms with Crippen molar-refractivity contribution >= 4 is 22.1 Å². The molecule has 2 aromatic carbocycles. The van der Waals surface area contributed by atoms with Crippen molar-refractivity contribution in [3.05, 3.63) is 69.7 Å². The Morgan fingerprint density at radius 1 is 1.10 bits per heavy atom. The highest BCUT2D eigenvalue weighted by Gasteiger charge is 2.30. The van der Waals surface area contributed by atoms with Crippen LogP contribution in [0.4, 0.5) is 13.2 Å². The van der Waals surface area contributed by atoms with Gasteiger partial charge in [-0.1, -0.05) is 51.4 Å². The summed E-state index contributed by atoms with van der Waals surface area (Å²) >= 11 is 3.32. The van der Waals surface area contributed by atoms with Crippen LogP contribution in [0.25, 0.3) is 0 Å². The average molecular weight is 357 g/mol. The molecule has 0 bridgehead atoms. The molecule has 2 nitrogen and oxygen atoms in total. The standard InChI is InChI=1S/C15H10BrF3NO/c16-14-7-2-1-5-12(14)9-20-21-10-11-4-3-6-13(8-11)15(17,18)19/h1-8H,10H2. The third-order valence-corrected chi connectivity index (χ3v) is 3.28. The third kappa shape index (κ3) is 4.60. The second-order valence-corrected chi connectivity index (χ2v) is 5.01. The largest absolute Gasteiger partial charge is 0.416 e. The predicted molar refractivity (Wildman–Crippen MR) is 76.9 cm³/mol. The van der Waals surface area contributed by atoms with Gasteiger partial charge < -0.3 is 4.84 Å². The van der Waals surface area contributed by atoms with Crippen molar-refractivity contribution in [1.29, 1.82) is 0 Å². The molecule has 2 rings (SSSR count). The first-order chi connectivity index (χ1) is 9.97. The van der Waals surface area contributed by atoms with E-state index in [-0.39, 0.29) is 6.61 Å². The Kier molecular flexibility index (Phi) is 5.01. The van der Waals surface area contributed by atoms with Crippen LogP contribution >= 0.6 is 15.9 Å². The molecule has 21 heavy (non-hydrogen) atoms. The number of rotatable bonds is 4. The minimum absolute atomic E-state index is 0.0542. The second-order valence-electron chi connectivity index (χ2n) is 4.15. The lowest BCUT2D eigenvalue weighted by atomic mass is 10.1. The van der Waals surface area contributed by atoms with Gasteiger partial charge in [-0.2, -0.15) is 13.2 Å². The molecule has 0 N–H and O–H groups in total. The van der Waals surface area contributed by atoms with Gasteiger partial charge in [0.2, 0.25) is 0 Å². The summed E-state index contributed by atoms with van der Waals surface area (Å²) in [5.41, 5.74) is 0.381. The molecule has 0 atom stereocenters. The van der Waals surface area contributed by atoms with Crippen LogP contribution in [0.3, 0.4) is 0 Å². The van der Waals surface area contributed by atoms with Gasteiger partial charge in [0, 0.05) is 10.0 Å². The second kappa shape index (κ2) is 6.76. The van der Waals surface area contributed by atoms with Crippen LogP contribution in [-0.2, 0) is 17.6 Å². The SMILES string of the molecule is FC(F)(F)c1cccc(CO/N=[C]\c2ccccc2Br)c1. The van der Waals surface area contributed by atoms with Crippen LogP contribution in [0.1, 0.15) is 16.7 Å². The molecular weight excluding hydrogens is 347 g/mol. The molecule has 109 valence electrons. The van der Waals surface area contributed by atoms with E-state index in [1.165, 1.54) is 6.07 Å². The minimum Gasteiger partial charge on any atom is -0.390 e. The normalized spacial score (nSPS) is 11.8. The van der Waals surface area contributed by atoms with E-state index in [2.05, 4.69) is 27.3 Å². The fourth-order valence-electron chi connectivity index (χ4n) is 1.58. The zero-order valence-corrected chi connectivity index (χ0v) is 12.3. The number of halogens is 4. The molecule has 0 heterocycles. The van der Waals surface area contributed by atoms with Crippen LogP contribution in [0.2, 0.25) is 0 Å². The summed E-state index contributed by atoms with van der Waals surface area (Å²) < 4.78 is 38.4. The molecule has 0 amide bonds. The monoisotopic (exact) mass is 356 g/mol. The first-order valence-electron chi connectivity index (χ1n) is 5.95. The maximum absolute atomic E-state index is 12.5. The van der Waals surface area contributed by atoms with E-state index in [0.717, 1.165) is 16.6 Å². The number of nitrogens with zero attached hydrogens (tertiary/aromatic N) is 1. The van der Waals surface area contributed by atoms with Gasteiger partial charge in [-0.15, -0.1) is 0 Å². The summed E-state index contributed by atoms with van der Waals surface area (Å²) in [5.74, 6) is 0. The van der Waals surface area contributed by atoms with E-state index in [1.807, 2.05) is 18.2 Å². The zero-order chi connectivity index (χ0) is 15.3. The fraction of sp³-hybridized carbons (Fsp3) is 0.133. The molecule has 0 aliphatic heterocycles. The third-order valence-electron chi connectivity index (χ3n) is 2.59. The van der Waals surface area contributed by atoms with Gasteiger partial charge >= 0.3 is 6.18 Å². The molecular formula is C15H10BrF3NO. The maximum atomic E-state index is 12.5. The summed E-state index contributed by atoms with van der Waals surface area (Å²) in [6.07, 6.45) is -1.70. The fourth-order valence-corrected chi connectivity index (χ4v) is 1.95. The molecule has 0 fully saturated rings. The molecule has 0 saturated heterocycles. The molecule has 1 radical (unpaired) electrons. The molecule has 0 aromatic heterocycles. The van der Waals surface area contributed by atoms with E-state index in [4.69, 9.17) is 4.84 Å². The smallest absolute Gasteiger partial charge is 0.390 e. The van der Waals surface area contributed by atoms with Crippen molar-refractivity contribution in [1.82, 2.24) is 0 Å². The van der Waals surface area contributed by atoms with E-state index in [9.17, 15) is 13.2 Å². The summed E-state index contributed by atoms with van der Waals surface area (Å²) in [4.78, 5) is 4.97. The number of benzene rings is 2. The first-order valence-corrected chi connectivity index (χ1v) is 6.75. The Morgan fingerprint density at radius 3 is 2.57 bits per heavy atom. The van der Waals surface area contributed by atoms with Gasteiger partial charge in [0.05, 0.1) is 5.56 Å². The highest BCUT2D eigenvalue weighted by Crippen LogP contribution is 2.29.